The third-order valence-corrected chi connectivity index (χ3v) is 5.48. The normalized spacial score (nSPS) is 12.4. The molecule has 3 nitrogen and oxygen atoms in total. The van der Waals surface area contributed by atoms with E-state index in [0.29, 0.717) is 0 Å². The number of unbranched alkanes of at least 4 members (excludes halogenated alkanes) is 2. The standard InChI is InChI=1S/C20H25NO2S/c22-11-3-1-5-15-7-9-19-17(13-15)21-18-14-16(6-2-4-12-23)8-10-20(18)24-19/h7-10,13-14,21-23H,1-6,11-12H2. The van der Waals surface area contributed by atoms with Gasteiger partial charge in [0.2, 0.25) is 0 Å². The minimum Gasteiger partial charge on any atom is -0.396 e. The van der Waals surface area contributed by atoms with Crippen LogP contribution in [-0.2, 0) is 12.8 Å². The van der Waals surface area contributed by atoms with Crippen molar-refractivity contribution in [1.82, 2.24) is 0 Å². The smallest absolute Gasteiger partial charge is 0.0529 e. The Hall–Kier alpha value is -1.49. The second-order valence-electron chi connectivity index (χ2n) is 6.25. The first-order valence-corrected chi connectivity index (χ1v) is 9.54. The Balaban J connectivity index is 1.71. The van der Waals surface area contributed by atoms with E-state index in [2.05, 4.69) is 41.7 Å². The molecule has 0 amide bonds. The molecule has 2 aromatic carbocycles. The number of aliphatic hydroxyl groups is 2. The summed E-state index contributed by atoms with van der Waals surface area (Å²) in [5.41, 5.74) is 5.00. The second-order valence-corrected chi connectivity index (χ2v) is 7.33. The first-order chi connectivity index (χ1) is 11.8. The molecule has 0 aromatic heterocycles. The highest BCUT2D eigenvalue weighted by Gasteiger charge is 2.16. The van der Waals surface area contributed by atoms with Crippen LogP contribution in [0.3, 0.4) is 0 Å². The van der Waals surface area contributed by atoms with Crippen LogP contribution in [0.1, 0.15) is 36.8 Å². The number of nitrogens with one attached hydrogen (secondary N) is 1. The van der Waals surface area contributed by atoms with Crippen LogP contribution < -0.4 is 5.32 Å². The van der Waals surface area contributed by atoms with Crippen LogP contribution in [0, 0.1) is 0 Å². The molecule has 1 aliphatic rings. The van der Waals surface area contributed by atoms with E-state index in [0.717, 1.165) is 38.5 Å². The van der Waals surface area contributed by atoms with Gasteiger partial charge in [0.15, 0.2) is 0 Å². The molecule has 0 bridgehead atoms. The average Bonchev–Trinajstić information content (AvgIpc) is 2.60. The van der Waals surface area contributed by atoms with Crippen molar-refractivity contribution in [2.75, 3.05) is 18.5 Å². The zero-order chi connectivity index (χ0) is 16.8. The Kier molecular flexibility index (Phi) is 6.18. The number of hydrogen-bond acceptors (Lipinski definition) is 4. The summed E-state index contributed by atoms with van der Waals surface area (Å²) in [6.07, 6.45) is 5.78. The molecule has 2 aromatic rings. The molecule has 3 rings (SSSR count). The van der Waals surface area contributed by atoms with Crippen LogP contribution in [0.2, 0.25) is 0 Å². The predicted octanol–water partition coefficient (Wildman–Crippen LogP) is 4.52. The van der Waals surface area contributed by atoms with Crippen molar-refractivity contribution in [2.24, 2.45) is 0 Å². The average molecular weight is 343 g/mol. The van der Waals surface area contributed by atoms with Gasteiger partial charge < -0.3 is 15.5 Å². The van der Waals surface area contributed by atoms with Crippen LogP contribution in [0.5, 0.6) is 0 Å². The summed E-state index contributed by atoms with van der Waals surface area (Å²) in [6, 6.07) is 13.2. The molecule has 0 saturated heterocycles. The highest BCUT2D eigenvalue weighted by molar-refractivity contribution is 7.99. The monoisotopic (exact) mass is 343 g/mol. The van der Waals surface area contributed by atoms with Gasteiger partial charge in [-0.2, -0.15) is 0 Å². The fourth-order valence-corrected chi connectivity index (χ4v) is 3.93. The van der Waals surface area contributed by atoms with E-state index in [1.54, 1.807) is 0 Å². The Morgan fingerprint density at radius 1 is 0.708 bits per heavy atom. The van der Waals surface area contributed by atoms with Crippen molar-refractivity contribution in [1.29, 1.82) is 0 Å². The maximum absolute atomic E-state index is 8.92. The second kappa shape index (κ2) is 8.56. The predicted molar refractivity (Wildman–Crippen MR) is 100 cm³/mol. The summed E-state index contributed by atoms with van der Waals surface area (Å²) < 4.78 is 0. The quantitative estimate of drug-likeness (QED) is 0.526. The summed E-state index contributed by atoms with van der Waals surface area (Å²) in [7, 11) is 0. The lowest BCUT2D eigenvalue weighted by atomic mass is 10.1. The molecule has 128 valence electrons. The largest absolute Gasteiger partial charge is 0.396 e. The van der Waals surface area contributed by atoms with Crippen molar-refractivity contribution in [3.05, 3.63) is 47.5 Å². The minimum atomic E-state index is 0.269. The van der Waals surface area contributed by atoms with Gasteiger partial charge >= 0.3 is 0 Å². The molecule has 4 heteroatoms. The summed E-state index contributed by atoms with van der Waals surface area (Å²) >= 11 is 1.81. The Labute approximate surface area is 148 Å². The maximum atomic E-state index is 8.92. The number of rotatable bonds is 8. The molecule has 3 N–H and O–H groups in total. The van der Waals surface area contributed by atoms with E-state index in [4.69, 9.17) is 10.2 Å². The van der Waals surface area contributed by atoms with E-state index < -0.39 is 0 Å². The van der Waals surface area contributed by atoms with E-state index in [9.17, 15) is 0 Å². The highest BCUT2D eigenvalue weighted by Crippen LogP contribution is 2.44. The molecular formula is C20H25NO2S. The van der Waals surface area contributed by atoms with Gasteiger partial charge in [0.05, 0.1) is 11.4 Å². The molecule has 0 fully saturated rings. The molecule has 0 spiro atoms. The molecule has 1 aliphatic heterocycles. The van der Waals surface area contributed by atoms with Crippen molar-refractivity contribution < 1.29 is 10.2 Å². The Morgan fingerprint density at radius 3 is 1.67 bits per heavy atom. The molecule has 0 radical (unpaired) electrons. The summed E-state index contributed by atoms with van der Waals surface area (Å²) in [6.45, 7) is 0.539. The van der Waals surface area contributed by atoms with Gasteiger partial charge in [-0.25, -0.2) is 0 Å². The van der Waals surface area contributed by atoms with Crippen LogP contribution in [-0.4, -0.2) is 23.4 Å². The van der Waals surface area contributed by atoms with Crippen molar-refractivity contribution in [3.8, 4) is 0 Å². The molecular weight excluding hydrogens is 318 g/mol. The summed E-state index contributed by atoms with van der Waals surface area (Å²) in [4.78, 5) is 2.53. The van der Waals surface area contributed by atoms with Gasteiger partial charge in [0.1, 0.15) is 0 Å². The minimum absolute atomic E-state index is 0.269. The van der Waals surface area contributed by atoms with Gasteiger partial charge in [0, 0.05) is 23.0 Å². The number of fused-ring (bicyclic) bond motifs is 2. The fraction of sp³-hybridized carbons (Fsp3) is 0.400. The number of hydrogen-bond donors (Lipinski definition) is 3. The lowest BCUT2D eigenvalue weighted by Gasteiger charge is -2.22. The molecule has 0 aliphatic carbocycles. The number of benzene rings is 2. The van der Waals surface area contributed by atoms with Gasteiger partial charge in [-0.05, 0) is 73.9 Å². The maximum Gasteiger partial charge on any atom is 0.0529 e. The van der Waals surface area contributed by atoms with Crippen LogP contribution in [0.25, 0.3) is 0 Å². The van der Waals surface area contributed by atoms with Gasteiger partial charge in [-0.15, -0.1) is 0 Å². The summed E-state index contributed by atoms with van der Waals surface area (Å²) in [5.74, 6) is 0. The van der Waals surface area contributed by atoms with Crippen molar-refractivity contribution in [2.45, 2.75) is 48.3 Å². The summed E-state index contributed by atoms with van der Waals surface area (Å²) in [5, 5.41) is 21.4. The van der Waals surface area contributed by atoms with E-state index in [1.807, 2.05) is 11.8 Å². The van der Waals surface area contributed by atoms with Gasteiger partial charge in [-0.1, -0.05) is 23.9 Å². The number of aryl methyl sites for hydroxylation is 2. The molecule has 0 unspecified atom stereocenters. The SMILES string of the molecule is OCCCCc1ccc2c(c1)Nc1cc(CCCCO)ccc1S2. The molecule has 0 atom stereocenters. The first-order valence-electron chi connectivity index (χ1n) is 8.72. The lowest BCUT2D eigenvalue weighted by Crippen LogP contribution is -2.02. The highest BCUT2D eigenvalue weighted by atomic mass is 32.2. The first kappa shape index (κ1) is 17.3. The lowest BCUT2D eigenvalue weighted by molar-refractivity contribution is 0.284. The van der Waals surface area contributed by atoms with Crippen LogP contribution >= 0.6 is 11.8 Å². The third kappa shape index (κ3) is 4.32. The Morgan fingerprint density at radius 2 is 1.21 bits per heavy atom. The van der Waals surface area contributed by atoms with Crippen LogP contribution in [0.15, 0.2) is 46.2 Å². The van der Waals surface area contributed by atoms with E-state index in [1.165, 1.54) is 32.3 Å². The molecule has 1 heterocycles. The zero-order valence-electron chi connectivity index (χ0n) is 13.9. The van der Waals surface area contributed by atoms with Crippen molar-refractivity contribution in [3.63, 3.8) is 0 Å². The molecule has 0 saturated carbocycles. The molecule has 24 heavy (non-hydrogen) atoms. The van der Waals surface area contributed by atoms with Gasteiger partial charge in [-0.3, -0.25) is 0 Å². The topological polar surface area (TPSA) is 52.5 Å². The third-order valence-electron chi connectivity index (χ3n) is 4.32. The fourth-order valence-electron chi connectivity index (χ4n) is 2.98. The van der Waals surface area contributed by atoms with Gasteiger partial charge in [0.25, 0.3) is 0 Å². The Bertz CT molecular complexity index is 630. The van der Waals surface area contributed by atoms with Crippen molar-refractivity contribution >= 4 is 23.1 Å². The van der Waals surface area contributed by atoms with E-state index in [-0.39, 0.29) is 13.2 Å². The van der Waals surface area contributed by atoms with E-state index >= 15 is 0 Å². The number of aliphatic hydroxyl groups excluding tert-OH is 2. The zero-order valence-corrected chi connectivity index (χ0v) is 14.7. The number of anilines is 2. The van der Waals surface area contributed by atoms with Crippen LogP contribution in [0.4, 0.5) is 11.4 Å².